The van der Waals surface area contributed by atoms with Crippen LogP contribution in [0.2, 0.25) is 0 Å². The minimum Gasteiger partial charge on any atom is -0.492 e. The number of nitrogens with one attached hydrogen (secondary N) is 1. The molecule has 4 nitrogen and oxygen atoms in total. The average Bonchev–Trinajstić information content (AvgIpc) is 2.61. The van der Waals surface area contributed by atoms with Crippen LogP contribution in [0.5, 0.6) is 5.75 Å². The molecule has 0 aromatic carbocycles. The fraction of sp³-hybridized carbons (Fsp3) is 0.615. The first-order valence-corrected chi connectivity index (χ1v) is 6.39. The molecule has 94 valence electrons. The third kappa shape index (κ3) is 3.98. The zero-order valence-corrected chi connectivity index (χ0v) is 10.5. The van der Waals surface area contributed by atoms with Gasteiger partial charge in [-0.05, 0) is 38.6 Å². The lowest BCUT2D eigenvalue weighted by Gasteiger charge is -2.18. The van der Waals surface area contributed by atoms with Crippen LogP contribution in [0.1, 0.15) is 19.0 Å². The van der Waals surface area contributed by atoms with E-state index < -0.39 is 0 Å². The van der Waals surface area contributed by atoms with Gasteiger partial charge < -0.3 is 10.1 Å². The van der Waals surface area contributed by atoms with Gasteiger partial charge in [0.15, 0.2) is 0 Å². The van der Waals surface area contributed by atoms with E-state index in [0.717, 1.165) is 44.2 Å². The molecule has 1 fully saturated rings. The average molecular weight is 235 g/mol. The monoisotopic (exact) mass is 235 g/mol. The van der Waals surface area contributed by atoms with Gasteiger partial charge in [0.1, 0.15) is 5.75 Å². The largest absolute Gasteiger partial charge is 0.492 e. The van der Waals surface area contributed by atoms with Crippen molar-refractivity contribution in [2.24, 2.45) is 0 Å². The molecule has 1 saturated heterocycles. The second kappa shape index (κ2) is 6.57. The van der Waals surface area contributed by atoms with Gasteiger partial charge >= 0.3 is 0 Å². The standard InChI is InChI=1S/C13H21N3O/c1-2-17-13-5-4-12(15-10-13)11-16-8-3-6-14-7-9-16/h4-5,10,14H,2-3,6-9,11H2,1H3. The Hall–Kier alpha value is -1.13. The van der Waals surface area contributed by atoms with Crippen molar-refractivity contribution in [3.8, 4) is 5.75 Å². The summed E-state index contributed by atoms with van der Waals surface area (Å²) in [7, 11) is 0. The quantitative estimate of drug-likeness (QED) is 0.853. The van der Waals surface area contributed by atoms with Gasteiger partial charge in [-0.2, -0.15) is 0 Å². The molecule has 1 aromatic rings. The molecular weight excluding hydrogens is 214 g/mol. The molecule has 1 N–H and O–H groups in total. The summed E-state index contributed by atoms with van der Waals surface area (Å²) in [6.07, 6.45) is 3.03. The van der Waals surface area contributed by atoms with Gasteiger partial charge in [0.25, 0.3) is 0 Å². The van der Waals surface area contributed by atoms with Crippen LogP contribution in [0.25, 0.3) is 0 Å². The van der Waals surface area contributed by atoms with E-state index in [9.17, 15) is 0 Å². The number of pyridine rings is 1. The van der Waals surface area contributed by atoms with Crippen molar-refractivity contribution in [1.29, 1.82) is 0 Å². The van der Waals surface area contributed by atoms with Gasteiger partial charge in [0.2, 0.25) is 0 Å². The summed E-state index contributed by atoms with van der Waals surface area (Å²) in [6.45, 7) is 8.09. The lowest BCUT2D eigenvalue weighted by molar-refractivity contribution is 0.280. The number of hydrogen-bond donors (Lipinski definition) is 1. The van der Waals surface area contributed by atoms with Crippen molar-refractivity contribution in [3.05, 3.63) is 24.0 Å². The van der Waals surface area contributed by atoms with Crippen molar-refractivity contribution in [2.75, 3.05) is 32.8 Å². The van der Waals surface area contributed by atoms with Gasteiger partial charge in [-0.25, -0.2) is 0 Å². The van der Waals surface area contributed by atoms with E-state index in [1.54, 1.807) is 0 Å². The van der Waals surface area contributed by atoms with Crippen LogP contribution in [0.4, 0.5) is 0 Å². The Balaban J connectivity index is 1.88. The van der Waals surface area contributed by atoms with Crippen molar-refractivity contribution < 1.29 is 4.74 Å². The van der Waals surface area contributed by atoms with E-state index in [1.165, 1.54) is 6.42 Å². The molecule has 0 bridgehead atoms. The van der Waals surface area contributed by atoms with E-state index in [-0.39, 0.29) is 0 Å². The third-order valence-electron chi connectivity index (χ3n) is 2.93. The summed E-state index contributed by atoms with van der Waals surface area (Å²) < 4.78 is 5.38. The second-order valence-electron chi connectivity index (χ2n) is 4.30. The molecular formula is C13H21N3O. The fourth-order valence-corrected chi connectivity index (χ4v) is 2.05. The SMILES string of the molecule is CCOc1ccc(CN2CCCNCC2)nc1. The summed E-state index contributed by atoms with van der Waals surface area (Å²) in [5, 5.41) is 3.41. The predicted molar refractivity (Wildman–Crippen MR) is 68.2 cm³/mol. The predicted octanol–water partition coefficient (Wildman–Crippen LogP) is 1.28. The van der Waals surface area contributed by atoms with Crippen LogP contribution in [0, 0.1) is 0 Å². The number of ether oxygens (including phenoxy) is 1. The highest BCUT2D eigenvalue weighted by molar-refractivity contribution is 5.19. The van der Waals surface area contributed by atoms with E-state index in [1.807, 2.05) is 19.2 Å². The molecule has 0 atom stereocenters. The Morgan fingerprint density at radius 1 is 1.35 bits per heavy atom. The maximum absolute atomic E-state index is 5.38. The molecule has 17 heavy (non-hydrogen) atoms. The molecule has 0 radical (unpaired) electrons. The Kier molecular flexibility index (Phi) is 4.76. The van der Waals surface area contributed by atoms with Crippen LogP contribution >= 0.6 is 0 Å². The van der Waals surface area contributed by atoms with Crippen LogP contribution in [-0.4, -0.2) is 42.7 Å². The first-order chi connectivity index (χ1) is 8.38. The van der Waals surface area contributed by atoms with E-state index >= 15 is 0 Å². The minimum absolute atomic E-state index is 0.693. The number of aromatic nitrogens is 1. The first kappa shape index (κ1) is 12.3. The molecule has 0 saturated carbocycles. The molecule has 4 heteroatoms. The number of hydrogen-bond acceptors (Lipinski definition) is 4. The molecule has 0 amide bonds. The summed E-state index contributed by atoms with van der Waals surface area (Å²) in [6, 6.07) is 4.06. The Bertz CT molecular complexity index is 318. The van der Waals surface area contributed by atoms with E-state index in [2.05, 4.69) is 21.3 Å². The third-order valence-corrected chi connectivity index (χ3v) is 2.93. The highest BCUT2D eigenvalue weighted by Crippen LogP contribution is 2.10. The summed E-state index contributed by atoms with van der Waals surface area (Å²) in [5.74, 6) is 0.855. The topological polar surface area (TPSA) is 37.4 Å². The van der Waals surface area contributed by atoms with Gasteiger partial charge in [0, 0.05) is 19.6 Å². The van der Waals surface area contributed by atoms with Gasteiger partial charge in [0.05, 0.1) is 18.5 Å². The second-order valence-corrected chi connectivity index (χ2v) is 4.30. The molecule has 0 unspecified atom stereocenters. The van der Waals surface area contributed by atoms with Crippen molar-refractivity contribution in [3.63, 3.8) is 0 Å². The fourth-order valence-electron chi connectivity index (χ4n) is 2.05. The molecule has 2 heterocycles. The van der Waals surface area contributed by atoms with Crippen LogP contribution in [-0.2, 0) is 6.54 Å². The summed E-state index contributed by atoms with van der Waals surface area (Å²) in [5.41, 5.74) is 1.12. The highest BCUT2D eigenvalue weighted by Gasteiger charge is 2.09. The molecule has 1 aliphatic rings. The highest BCUT2D eigenvalue weighted by atomic mass is 16.5. The number of rotatable bonds is 4. The maximum atomic E-state index is 5.38. The Morgan fingerprint density at radius 3 is 3.06 bits per heavy atom. The molecule has 1 aromatic heterocycles. The lowest BCUT2D eigenvalue weighted by Crippen LogP contribution is -2.27. The van der Waals surface area contributed by atoms with Crippen LogP contribution in [0.3, 0.4) is 0 Å². The van der Waals surface area contributed by atoms with Crippen LogP contribution < -0.4 is 10.1 Å². The molecule has 1 aliphatic heterocycles. The molecule has 2 rings (SSSR count). The minimum atomic E-state index is 0.693. The van der Waals surface area contributed by atoms with Crippen molar-refractivity contribution in [1.82, 2.24) is 15.2 Å². The smallest absolute Gasteiger partial charge is 0.137 e. The lowest BCUT2D eigenvalue weighted by atomic mass is 10.3. The van der Waals surface area contributed by atoms with Crippen LogP contribution in [0.15, 0.2) is 18.3 Å². The maximum Gasteiger partial charge on any atom is 0.137 e. The Morgan fingerprint density at radius 2 is 2.29 bits per heavy atom. The molecule has 0 aliphatic carbocycles. The zero-order valence-electron chi connectivity index (χ0n) is 10.5. The van der Waals surface area contributed by atoms with E-state index in [0.29, 0.717) is 6.61 Å². The number of nitrogens with zero attached hydrogens (tertiary/aromatic N) is 2. The summed E-state index contributed by atoms with van der Waals surface area (Å²) in [4.78, 5) is 6.88. The first-order valence-electron chi connectivity index (χ1n) is 6.39. The van der Waals surface area contributed by atoms with Crippen molar-refractivity contribution in [2.45, 2.75) is 19.9 Å². The molecule has 0 spiro atoms. The zero-order chi connectivity index (χ0) is 11.9. The van der Waals surface area contributed by atoms with Gasteiger partial charge in [-0.15, -0.1) is 0 Å². The summed E-state index contributed by atoms with van der Waals surface area (Å²) >= 11 is 0. The normalized spacial score (nSPS) is 17.7. The van der Waals surface area contributed by atoms with Gasteiger partial charge in [-0.1, -0.05) is 0 Å². The van der Waals surface area contributed by atoms with E-state index in [4.69, 9.17) is 4.74 Å². The van der Waals surface area contributed by atoms with Crippen molar-refractivity contribution >= 4 is 0 Å². The Labute approximate surface area is 103 Å². The van der Waals surface area contributed by atoms with Gasteiger partial charge in [-0.3, -0.25) is 9.88 Å².